The molecule has 2 rings (SSSR count). The van der Waals surface area contributed by atoms with Crippen LogP contribution in [0.15, 0.2) is 6.20 Å². The van der Waals surface area contributed by atoms with Crippen molar-refractivity contribution in [1.29, 1.82) is 0 Å². The van der Waals surface area contributed by atoms with Gasteiger partial charge < -0.3 is 9.88 Å². The van der Waals surface area contributed by atoms with E-state index in [9.17, 15) is 0 Å². The summed E-state index contributed by atoms with van der Waals surface area (Å²) in [6, 6.07) is 0.600. The number of imidazole rings is 1. The van der Waals surface area contributed by atoms with Crippen molar-refractivity contribution in [3.8, 4) is 0 Å². The quantitative estimate of drug-likeness (QED) is 0.769. The largest absolute Gasteiger partial charge is 0.356 e. The van der Waals surface area contributed by atoms with E-state index in [4.69, 9.17) is 0 Å². The van der Waals surface area contributed by atoms with Crippen LogP contribution in [0.4, 0.5) is 5.95 Å². The average Bonchev–Trinajstić information content (AvgIpc) is 3.00. The molecule has 1 aliphatic heterocycles. The summed E-state index contributed by atoms with van der Waals surface area (Å²) in [6.45, 7) is 11.2. The van der Waals surface area contributed by atoms with Crippen molar-refractivity contribution in [2.45, 2.75) is 59.0 Å². The molecule has 1 fully saturated rings. The lowest BCUT2D eigenvalue weighted by atomic mass is 10.3. The Labute approximate surface area is 117 Å². The molecule has 1 unspecified atom stereocenters. The number of nitrogens with zero attached hydrogens (tertiary/aromatic N) is 3. The number of nitrogens with one attached hydrogen (secondary N) is 1. The number of rotatable bonds is 7. The maximum atomic E-state index is 4.60. The lowest BCUT2D eigenvalue weighted by Crippen LogP contribution is -2.33. The fraction of sp³-hybridized carbons (Fsp3) is 0.800. The highest BCUT2D eigenvalue weighted by atomic mass is 15.2. The van der Waals surface area contributed by atoms with Gasteiger partial charge in [-0.15, -0.1) is 0 Å². The monoisotopic (exact) mass is 264 g/mol. The molecule has 19 heavy (non-hydrogen) atoms. The molecule has 0 aliphatic carbocycles. The maximum Gasteiger partial charge on any atom is 0.203 e. The smallest absolute Gasteiger partial charge is 0.203 e. The van der Waals surface area contributed by atoms with Gasteiger partial charge in [-0.1, -0.05) is 13.3 Å². The van der Waals surface area contributed by atoms with E-state index in [1.807, 2.05) is 0 Å². The third kappa shape index (κ3) is 3.96. The molecule has 0 spiro atoms. The normalized spacial score (nSPS) is 17.8. The second-order valence-electron chi connectivity index (χ2n) is 5.73. The van der Waals surface area contributed by atoms with Gasteiger partial charge in [0, 0.05) is 25.3 Å². The molecule has 0 radical (unpaired) electrons. The Morgan fingerprint density at radius 1 is 1.37 bits per heavy atom. The Kier molecular flexibility index (Phi) is 5.25. The standard InChI is InChI=1S/C15H28N4/c1-4-5-8-16-15-17-13(2)11-19(15)12-14(3)18-9-6-7-10-18/h11,14H,4-10,12H2,1-3H3,(H,16,17). The fourth-order valence-electron chi connectivity index (χ4n) is 2.79. The summed E-state index contributed by atoms with van der Waals surface area (Å²) in [6.07, 6.45) is 7.30. The van der Waals surface area contributed by atoms with Crippen molar-refractivity contribution in [2.75, 3.05) is 25.0 Å². The van der Waals surface area contributed by atoms with E-state index >= 15 is 0 Å². The van der Waals surface area contributed by atoms with Crippen LogP contribution in [0.3, 0.4) is 0 Å². The number of unbranched alkanes of at least 4 members (excludes halogenated alkanes) is 1. The summed E-state index contributed by atoms with van der Waals surface area (Å²) >= 11 is 0. The molecule has 108 valence electrons. The molecule has 0 aromatic carbocycles. The Bertz CT molecular complexity index is 379. The van der Waals surface area contributed by atoms with Gasteiger partial charge in [-0.3, -0.25) is 4.90 Å². The van der Waals surface area contributed by atoms with Crippen LogP contribution >= 0.6 is 0 Å². The molecule has 1 atom stereocenters. The minimum Gasteiger partial charge on any atom is -0.356 e. The molecule has 1 aliphatic rings. The van der Waals surface area contributed by atoms with Crippen molar-refractivity contribution >= 4 is 5.95 Å². The fourth-order valence-corrected chi connectivity index (χ4v) is 2.79. The van der Waals surface area contributed by atoms with Gasteiger partial charge in [-0.05, 0) is 46.2 Å². The predicted octanol–water partition coefficient (Wildman–Crippen LogP) is 2.89. The summed E-state index contributed by atoms with van der Waals surface area (Å²) in [5.41, 5.74) is 1.10. The Morgan fingerprint density at radius 2 is 2.11 bits per heavy atom. The highest BCUT2D eigenvalue weighted by molar-refractivity contribution is 5.28. The van der Waals surface area contributed by atoms with E-state index in [0.29, 0.717) is 6.04 Å². The lowest BCUT2D eigenvalue weighted by molar-refractivity contribution is 0.236. The number of hydrogen-bond acceptors (Lipinski definition) is 3. The lowest BCUT2D eigenvalue weighted by Gasteiger charge is -2.24. The molecule has 4 nitrogen and oxygen atoms in total. The number of hydrogen-bond donors (Lipinski definition) is 1. The third-order valence-electron chi connectivity index (χ3n) is 3.94. The van der Waals surface area contributed by atoms with E-state index in [1.54, 1.807) is 0 Å². The minimum atomic E-state index is 0.600. The van der Waals surface area contributed by atoms with Gasteiger partial charge in [0.1, 0.15) is 0 Å². The molecule has 2 heterocycles. The molecule has 1 saturated heterocycles. The van der Waals surface area contributed by atoms with Gasteiger partial charge in [0.15, 0.2) is 0 Å². The molecule has 0 saturated carbocycles. The molecule has 1 aromatic rings. The van der Waals surface area contributed by atoms with Gasteiger partial charge in [-0.2, -0.15) is 0 Å². The number of aromatic nitrogens is 2. The Morgan fingerprint density at radius 3 is 2.79 bits per heavy atom. The Balaban J connectivity index is 1.94. The second-order valence-corrected chi connectivity index (χ2v) is 5.73. The number of anilines is 1. The molecular formula is C15H28N4. The van der Waals surface area contributed by atoms with Gasteiger partial charge in [-0.25, -0.2) is 4.98 Å². The summed E-state index contributed by atoms with van der Waals surface area (Å²) < 4.78 is 2.29. The zero-order valence-corrected chi connectivity index (χ0v) is 12.7. The second kappa shape index (κ2) is 6.94. The summed E-state index contributed by atoms with van der Waals surface area (Å²) in [5, 5.41) is 3.46. The zero-order valence-electron chi connectivity index (χ0n) is 12.7. The first kappa shape index (κ1) is 14.4. The average molecular weight is 264 g/mol. The molecule has 0 bridgehead atoms. The van der Waals surface area contributed by atoms with E-state index < -0.39 is 0 Å². The van der Waals surface area contributed by atoms with Crippen LogP contribution in [-0.2, 0) is 6.54 Å². The number of likely N-dealkylation sites (tertiary alicyclic amines) is 1. The van der Waals surface area contributed by atoms with Crippen LogP contribution in [0.1, 0.15) is 45.2 Å². The molecule has 0 amide bonds. The van der Waals surface area contributed by atoms with Gasteiger partial charge in [0.05, 0.1) is 5.69 Å². The predicted molar refractivity (Wildman–Crippen MR) is 80.6 cm³/mol. The Hall–Kier alpha value is -1.03. The summed E-state index contributed by atoms with van der Waals surface area (Å²) in [4.78, 5) is 7.18. The molecule has 1 aromatic heterocycles. The van der Waals surface area contributed by atoms with Gasteiger partial charge in [0.2, 0.25) is 5.95 Å². The first-order valence-electron chi connectivity index (χ1n) is 7.72. The van der Waals surface area contributed by atoms with Crippen LogP contribution < -0.4 is 5.32 Å². The first-order valence-corrected chi connectivity index (χ1v) is 7.72. The van der Waals surface area contributed by atoms with E-state index in [2.05, 4.69) is 46.7 Å². The number of aryl methyl sites for hydroxylation is 1. The summed E-state index contributed by atoms with van der Waals surface area (Å²) in [5.74, 6) is 1.04. The van der Waals surface area contributed by atoms with Crippen molar-refractivity contribution < 1.29 is 0 Å². The molecule has 4 heteroatoms. The van der Waals surface area contributed by atoms with Crippen LogP contribution in [0, 0.1) is 6.92 Å². The third-order valence-corrected chi connectivity index (χ3v) is 3.94. The van der Waals surface area contributed by atoms with Crippen LogP contribution in [-0.4, -0.2) is 40.1 Å². The summed E-state index contributed by atoms with van der Waals surface area (Å²) in [7, 11) is 0. The highest BCUT2D eigenvalue weighted by Gasteiger charge is 2.19. The van der Waals surface area contributed by atoms with Crippen molar-refractivity contribution in [3.63, 3.8) is 0 Å². The van der Waals surface area contributed by atoms with Crippen LogP contribution in [0.5, 0.6) is 0 Å². The van der Waals surface area contributed by atoms with E-state index in [1.165, 1.54) is 38.8 Å². The van der Waals surface area contributed by atoms with Crippen LogP contribution in [0.2, 0.25) is 0 Å². The van der Waals surface area contributed by atoms with Gasteiger partial charge >= 0.3 is 0 Å². The molecular weight excluding hydrogens is 236 g/mol. The van der Waals surface area contributed by atoms with Crippen molar-refractivity contribution in [2.24, 2.45) is 0 Å². The highest BCUT2D eigenvalue weighted by Crippen LogP contribution is 2.16. The topological polar surface area (TPSA) is 33.1 Å². The maximum absolute atomic E-state index is 4.60. The minimum absolute atomic E-state index is 0.600. The van der Waals surface area contributed by atoms with E-state index in [0.717, 1.165) is 24.7 Å². The zero-order chi connectivity index (χ0) is 13.7. The van der Waals surface area contributed by atoms with Crippen LogP contribution in [0.25, 0.3) is 0 Å². The SMILES string of the molecule is CCCCNc1nc(C)cn1CC(C)N1CCCC1. The van der Waals surface area contributed by atoms with E-state index in [-0.39, 0.29) is 0 Å². The van der Waals surface area contributed by atoms with Crippen molar-refractivity contribution in [1.82, 2.24) is 14.5 Å². The molecule has 1 N–H and O–H groups in total. The first-order chi connectivity index (χ1) is 9.20. The van der Waals surface area contributed by atoms with Crippen molar-refractivity contribution in [3.05, 3.63) is 11.9 Å². The van der Waals surface area contributed by atoms with Gasteiger partial charge in [0.25, 0.3) is 0 Å².